The Morgan fingerprint density at radius 3 is 2.82 bits per heavy atom. The molecule has 2 atom stereocenters. The van der Waals surface area contributed by atoms with Crippen LogP contribution in [0.4, 0.5) is 0 Å². The number of carbonyl (C=O) groups excluding carboxylic acids is 2. The summed E-state index contributed by atoms with van der Waals surface area (Å²) in [6, 6.07) is -0.156. The van der Waals surface area contributed by atoms with Crippen molar-refractivity contribution in [1.29, 1.82) is 0 Å². The van der Waals surface area contributed by atoms with E-state index in [1.54, 1.807) is 0 Å². The van der Waals surface area contributed by atoms with Crippen LogP contribution < -0.4 is 5.32 Å². The molecule has 0 radical (unpaired) electrons. The number of aromatic nitrogens is 2. The summed E-state index contributed by atoms with van der Waals surface area (Å²) >= 11 is 0. The number of esters is 1. The summed E-state index contributed by atoms with van der Waals surface area (Å²) in [4.78, 5) is 24.5. The number of amides is 1. The van der Waals surface area contributed by atoms with Crippen molar-refractivity contribution in [3.63, 3.8) is 0 Å². The minimum Gasteiger partial charge on any atom is -0.469 e. The SMILES string of the molecule is COC(=O)[C@@H]1CCCCC[C@@H]1NC(=O)c1n[nH]c2c1CCC2. The van der Waals surface area contributed by atoms with E-state index in [1.165, 1.54) is 7.11 Å². The summed E-state index contributed by atoms with van der Waals surface area (Å²) in [7, 11) is 1.41. The standard InChI is InChI=1S/C16H23N3O3/c1-22-16(21)11-6-3-2-4-8-12(11)17-15(20)14-10-7-5-9-13(10)18-19-14/h11-12H,2-9H2,1H3,(H,17,20)(H,18,19)/t11-,12+/m1/s1. The third-order valence-electron chi connectivity index (χ3n) is 4.86. The van der Waals surface area contributed by atoms with Crippen LogP contribution in [-0.4, -0.2) is 35.2 Å². The van der Waals surface area contributed by atoms with Crippen LogP contribution in [0.15, 0.2) is 0 Å². The van der Waals surface area contributed by atoms with Crippen molar-refractivity contribution in [1.82, 2.24) is 15.5 Å². The van der Waals surface area contributed by atoms with E-state index in [9.17, 15) is 9.59 Å². The van der Waals surface area contributed by atoms with Crippen LogP contribution >= 0.6 is 0 Å². The molecule has 6 heteroatoms. The van der Waals surface area contributed by atoms with Gasteiger partial charge in [0.1, 0.15) is 0 Å². The molecule has 1 saturated carbocycles. The largest absolute Gasteiger partial charge is 0.469 e. The molecule has 0 unspecified atom stereocenters. The van der Waals surface area contributed by atoms with Gasteiger partial charge in [-0.25, -0.2) is 0 Å². The molecule has 0 spiro atoms. The molecule has 120 valence electrons. The number of nitrogens with zero attached hydrogens (tertiary/aromatic N) is 1. The predicted octanol–water partition coefficient (Wildman–Crippen LogP) is 1.75. The Bertz CT molecular complexity index is 567. The predicted molar refractivity (Wildman–Crippen MR) is 80.5 cm³/mol. The number of fused-ring (bicyclic) bond motifs is 1. The first kappa shape index (κ1) is 15.1. The van der Waals surface area contributed by atoms with E-state index in [-0.39, 0.29) is 23.8 Å². The van der Waals surface area contributed by atoms with Gasteiger partial charge < -0.3 is 10.1 Å². The Hall–Kier alpha value is -1.85. The highest BCUT2D eigenvalue weighted by Gasteiger charge is 2.33. The Morgan fingerprint density at radius 2 is 2.00 bits per heavy atom. The molecule has 2 N–H and O–H groups in total. The number of H-pyrrole nitrogens is 1. The van der Waals surface area contributed by atoms with E-state index >= 15 is 0 Å². The van der Waals surface area contributed by atoms with Crippen molar-refractivity contribution >= 4 is 11.9 Å². The van der Waals surface area contributed by atoms with Gasteiger partial charge in [0.05, 0.1) is 13.0 Å². The van der Waals surface area contributed by atoms with E-state index in [0.29, 0.717) is 5.69 Å². The van der Waals surface area contributed by atoms with Gasteiger partial charge in [0.15, 0.2) is 5.69 Å². The Labute approximate surface area is 130 Å². The summed E-state index contributed by atoms with van der Waals surface area (Å²) in [6.45, 7) is 0. The number of carbonyl (C=O) groups is 2. The molecule has 22 heavy (non-hydrogen) atoms. The van der Waals surface area contributed by atoms with E-state index in [0.717, 1.165) is 62.6 Å². The zero-order valence-corrected chi connectivity index (χ0v) is 13.0. The van der Waals surface area contributed by atoms with Crippen LogP contribution in [0.25, 0.3) is 0 Å². The summed E-state index contributed by atoms with van der Waals surface area (Å²) in [6.07, 6.45) is 7.65. The fourth-order valence-corrected chi connectivity index (χ4v) is 3.66. The first-order valence-electron chi connectivity index (χ1n) is 8.15. The summed E-state index contributed by atoms with van der Waals surface area (Å²) in [5.41, 5.74) is 2.62. The molecule has 1 heterocycles. The summed E-state index contributed by atoms with van der Waals surface area (Å²) < 4.78 is 4.91. The minimum absolute atomic E-state index is 0.156. The molecule has 1 amide bonds. The van der Waals surface area contributed by atoms with Gasteiger partial charge >= 0.3 is 5.97 Å². The Balaban J connectivity index is 1.74. The van der Waals surface area contributed by atoms with Gasteiger partial charge in [0.25, 0.3) is 5.91 Å². The summed E-state index contributed by atoms with van der Waals surface area (Å²) in [5, 5.41) is 10.2. The monoisotopic (exact) mass is 305 g/mol. The second-order valence-corrected chi connectivity index (χ2v) is 6.23. The Morgan fingerprint density at radius 1 is 1.18 bits per heavy atom. The number of aromatic amines is 1. The molecule has 2 aliphatic carbocycles. The molecular formula is C16H23N3O3. The third-order valence-corrected chi connectivity index (χ3v) is 4.86. The average molecular weight is 305 g/mol. The second-order valence-electron chi connectivity index (χ2n) is 6.23. The van der Waals surface area contributed by atoms with Crippen molar-refractivity contribution in [2.45, 2.75) is 57.4 Å². The van der Waals surface area contributed by atoms with Crippen LogP contribution in [0.3, 0.4) is 0 Å². The van der Waals surface area contributed by atoms with Gasteiger partial charge in [0, 0.05) is 17.3 Å². The number of hydrogen-bond donors (Lipinski definition) is 2. The summed E-state index contributed by atoms with van der Waals surface area (Å²) in [5.74, 6) is -0.636. The molecule has 0 saturated heterocycles. The van der Waals surface area contributed by atoms with Crippen LogP contribution in [-0.2, 0) is 22.4 Å². The number of methoxy groups -OCH3 is 1. The van der Waals surface area contributed by atoms with Crippen molar-refractivity contribution in [2.24, 2.45) is 5.92 Å². The van der Waals surface area contributed by atoms with Gasteiger partial charge in [-0.3, -0.25) is 14.7 Å². The average Bonchev–Trinajstić information content (AvgIpc) is 3.05. The fourth-order valence-electron chi connectivity index (χ4n) is 3.66. The quantitative estimate of drug-likeness (QED) is 0.658. The maximum absolute atomic E-state index is 12.6. The molecule has 1 aromatic heterocycles. The zero-order chi connectivity index (χ0) is 15.5. The topological polar surface area (TPSA) is 84.1 Å². The first-order chi connectivity index (χ1) is 10.7. The lowest BCUT2D eigenvalue weighted by atomic mass is 9.94. The number of nitrogens with one attached hydrogen (secondary N) is 2. The maximum Gasteiger partial charge on any atom is 0.310 e. The molecule has 1 fully saturated rings. The Kier molecular flexibility index (Phi) is 4.45. The highest BCUT2D eigenvalue weighted by Crippen LogP contribution is 2.26. The highest BCUT2D eigenvalue weighted by molar-refractivity contribution is 5.94. The van der Waals surface area contributed by atoms with Crippen LogP contribution in [0.5, 0.6) is 0 Å². The number of hydrogen-bond acceptors (Lipinski definition) is 4. The van der Waals surface area contributed by atoms with E-state index in [1.807, 2.05) is 0 Å². The normalized spacial score (nSPS) is 24.4. The zero-order valence-electron chi connectivity index (χ0n) is 13.0. The molecule has 1 aromatic rings. The molecule has 6 nitrogen and oxygen atoms in total. The molecule has 3 rings (SSSR count). The number of ether oxygens (including phenoxy) is 1. The van der Waals surface area contributed by atoms with Gasteiger partial charge in [-0.2, -0.15) is 5.10 Å². The second kappa shape index (κ2) is 6.50. The first-order valence-corrected chi connectivity index (χ1v) is 8.15. The van der Waals surface area contributed by atoms with Gasteiger partial charge in [-0.1, -0.05) is 19.3 Å². The van der Waals surface area contributed by atoms with Crippen LogP contribution in [0.1, 0.15) is 60.3 Å². The maximum atomic E-state index is 12.6. The van der Waals surface area contributed by atoms with Crippen LogP contribution in [0.2, 0.25) is 0 Å². The van der Waals surface area contributed by atoms with Crippen molar-refractivity contribution in [3.05, 3.63) is 17.0 Å². The van der Waals surface area contributed by atoms with E-state index < -0.39 is 0 Å². The number of rotatable bonds is 3. The lowest BCUT2D eigenvalue weighted by Gasteiger charge is -2.23. The van der Waals surface area contributed by atoms with E-state index in [2.05, 4.69) is 15.5 Å². The smallest absolute Gasteiger partial charge is 0.310 e. The van der Waals surface area contributed by atoms with Gasteiger partial charge in [-0.15, -0.1) is 0 Å². The van der Waals surface area contributed by atoms with Gasteiger partial charge in [-0.05, 0) is 32.1 Å². The van der Waals surface area contributed by atoms with Crippen molar-refractivity contribution < 1.29 is 14.3 Å². The lowest BCUT2D eigenvalue weighted by Crippen LogP contribution is -2.43. The number of aryl methyl sites for hydroxylation is 1. The lowest BCUT2D eigenvalue weighted by molar-refractivity contribution is -0.146. The minimum atomic E-state index is -0.247. The third kappa shape index (κ3) is 2.87. The van der Waals surface area contributed by atoms with Crippen molar-refractivity contribution in [3.8, 4) is 0 Å². The molecule has 0 bridgehead atoms. The highest BCUT2D eigenvalue weighted by atomic mass is 16.5. The van der Waals surface area contributed by atoms with E-state index in [4.69, 9.17) is 4.74 Å². The molecule has 0 aromatic carbocycles. The molecular weight excluding hydrogens is 282 g/mol. The van der Waals surface area contributed by atoms with Crippen molar-refractivity contribution in [2.75, 3.05) is 7.11 Å². The van der Waals surface area contributed by atoms with Gasteiger partial charge in [0.2, 0.25) is 0 Å². The fraction of sp³-hybridized carbons (Fsp3) is 0.688. The molecule has 0 aliphatic heterocycles. The van der Waals surface area contributed by atoms with Crippen LogP contribution in [0, 0.1) is 5.92 Å². The molecule has 2 aliphatic rings.